The Balaban J connectivity index is 2.24. The van der Waals surface area contributed by atoms with Crippen molar-refractivity contribution in [1.82, 2.24) is 0 Å². The Morgan fingerprint density at radius 3 is 2.82 bits per heavy atom. The second-order valence-corrected chi connectivity index (χ2v) is 6.66. The molecule has 1 unspecified atom stereocenters. The maximum atomic E-state index is 12.2. The molecule has 1 aromatic carbocycles. The predicted molar refractivity (Wildman–Crippen MR) is 86.4 cm³/mol. The first-order valence-corrected chi connectivity index (χ1v) is 8.10. The highest BCUT2D eigenvalue weighted by molar-refractivity contribution is 8.13. The average molecular weight is 342 g/mol. The van der Waals surface area contributed by atoms with Gasteiger partial charge < -0.3 is 9.64 Å². The number of amides is 1. The maximum Gasteiger partial charge on any atom is 0.339 e. The molecule has 1 amide bonds. The first-order chi connectivity index (χ1) is 10.4. The van der Waals surface area contributed by atoms with Gasteiger partial charge >= 0.3 is 5.97 Å². The molecular weight excluding hydrogens is 326 g/mol. The highest BCUT2D eigenvalue weighted by Crippen LogP contribution is 2.32. The van der Waals surface area contributed by atoms with Crippen LogP contribution in [0, 0.1) is 5.92 Å². The van der Waals surface area contributed by atoms with Crippen molar-refractivity contribution < 1.29 is 19.1 Å². The Morgan fingerprint density at radius 1 is 1.45 bits per heavy atom. The van der Waals surface area contributed by atoms with Gasteiger partial charge in [-0.3, -0.25) is 9.59 Å². The molecule has 1 fully saturated rings. The summed E-state index contributed by atoms with van der Waals surface area (Å²) in [5.41, 5.74) is 0.764. The zero-order valence-electron chi connectivity index (χ0n) is 12.3. The number of methoxy groups -OCH3 is 1. The monoisotopic (exact) mass is 341 g/mol. The van der Waals surface area contributed by atoms with Crippen LogP contribution in [0.5, 0.6) is 0 Å². The minimum atomic E-state index is -0.513. The SMILES string of the molecule is COC(=O)c1ccc(Cl)cc1N1CC(CSC(C)=O)CC1=O. The normalized spacial score (nSPS) is 17.7. The summed E-state index contributed by atoms with van der Waals surface area (Å²) in [6.45, 7) is 1.97. The van der Waals surface area contributed by atoms with Crippen molar-refractivity contribution in [3.05, 3.63) is 28.8 Å². The van der Waals surface area contributed by atoms with Crippen LogP contribution < -0.4 is 4.90 Å². The van der Waals surface area contributed by atoms with E-state index in [9.17, 15) is 14.4 Å². The van der Waals surface area contributed by atoms with E-state index < -0.39 is 5.97 Å². The lowest BCUT2D eigenvalue weighted by molar-refractivity contribution is -0.117. The summed E-state index contributed by atoms with van der Waals surface area (Å²) in [6.07, 6.45) is 0.355. The van der Waals surface area contributed by atoms with Crippen LogP contribution in [-0.2, 0) is 14.3 Å². The molecule has 22 heavy (non-hydrogen) atoms. The number of thioether (sulfide) groups is 1. The Bertz CT molecular complexity index is 620. The van der Waals surface area contributed by atoms with Crippen molar-refractivity contribution in [1.29, 1.82) is 0 Å². The van der Waals surface area contributed by atoms with Crippen LogP contribution in [-0.4, -0.2) is 36.4 Å². The molecule has 1 atom stereocenters. The standard InChI is InChI=1S/C15H16ClNO4S/c1-9(18)22-8-10-5-14(19)17(7-10)13-6-11(16)3-4-12(13)15(20)21-2/h3-4,6,10H,5,7-8H2,1-2H3. The van der Waals surface area contributed by atoms with Crippen molar-refractivity contribution in [3.63, 3.8) is 0 Å². The fourth-order valence-electron chi connectivity index (χ4n) is 2.37. The number of nitrogens with zero attached hydrogens (tertiary/aromatic N) is 1. The van der Waals surface area contributed by atoms with Crippen molar-refractivity contribution in [3.8, 4) is 0 Å². The van der Waals surface area contributed by atoms with Crippen molar-refractivity contribution in [2.75, 3.05) is 24.3 Å². The fraction of sp³-hybridized carbons (Fsp3) is 0.400. The molecule has 1 saturated heterocycles. The van der Waals surface area contributed by atoms with E-state index in [4.69, 9.17) is 16.3 Å². The first-order valence-electron chi connectivity index (χ1n) is 6.74. The number of benzene rings is 1. The summed E-state index contributed by atoms with van der Waals surface area (Å²) in [5.74, 6) is 0.0691. The van der Waals surface area contributed by atoms with Gasteiger partial charge in [0, 0.05) is 30.7 Å². The van der Waals surface area contributed by atoms with E-state index >= 15 is 0 Å². The third kappa shape index (κ3) is 3.81. The van der Waals surface area contributed by atoms with E-state index in [0.29, 0.717) is 35.0 Å². The smallest absolute Gasteiger partial charge is 0.339 e. The number of carbonyl (C=O) groups is 3. The number of hydrogen-bond donors (Lipinski definition) is 0. The molecule has 1 aliphatic rings. The number of anilines is 1. The van der Waals surface area contributed by atoms with Gasteiger partial charge in [0.1, 0.15) is 0 Å². The highest BCUT2D eigenvalue weighted by atomic mass is 35.5. The Hall–Kier alpha value is -1.53. The number of halogens is 1. The quantitative estimate of drug-likeness (QED) is 0.788. The Morgan fingerprint density at radius 2 is 2.18 bits per heavy atom. The molecule has 118 valence electrons. The van der Waals surface area contributed by atoms with Gasteiger partial charge in [0.15, 0.2) is 5.12 Å². The summed E-state index contributed by atoms with van der Waals surface area (Å²) >= 11 is 7.20. The van der Waals surface area contributed by atoms with Crippen LogP contribution in [0.2, 0.25) is 5.02 Å². The number of carbonyl (C=O) groups excluding carboxylic acids is 3. The Kier molecular flexibility index (Phi) is 5.47. The van der Waals surface area contributed by atoms with Crippen LogP contribution in [0.25, 0.3) is 0 Å². The fourth-order valence-corrected chi connectivity index (χ4v) is 3.23. The summed E-state index contributed by atoms with van der Waals surface area (Å²) in [5, 5.41) is 0.473. The minimum Gasteiger partial charge on any atom is -0.465 e. The molecule has 0 N–H and O–H groups in total. The molecule has 0 spiro atoms. The lowest BCUT2D eigenvalue weighted by atomic mass is 10.1. The van der Waals surface area contributed by atoms with Crippen molar-refractivity contribution in [2.45, 2.75) is 13.3 Å². The molecule has 0 saturated carbocycles. The van der Waals surface area contributed by atoms with Gasteiger partial charge in [-0.05, 0) is 24.1 Å². The lowest BCUT2D eigenvalue weighted by Crippen LogP contribution is -2.27. The average Bonchev–Trinajstić information content (AvgIpc) is 2.85. The van der Waals surface area contributed by atoms with Crippen LogP contribution in [0.4, 0.5) is 5.69 Å². The van der Waals surface area contributed by atoms with Gasteiger partial charge in [0.05, 0.1) is 18.4 Å². The maximum absolute atomic E-state index is 12.2. The second-order valence-electron chi connectivity index (χ2n) is 5.03. The molecular formula is C15H16ClNO4S. The zero-order chi connectivity index (χ0) is 16.3. The van der Waals surface area contributed by atoms with E-state index in [1.807, 2.05) is 0 Å². The molecule has 1 aliphatic heterocycles. The molecule has 1 aromatic rings. The molecule has 1 heterocycles. The topological polar surface area (TPSA) is 63.7 Å². The van der Waals surface area contributed by atoms with Gasteiger partial charge in [-0.2, -0.15) is 0 Å². The zero-order valence-corrected chi connectivity index (χ0v) is 13.9. The van der Waals surface area contributed by atoms with E-state index in [0.717, 1.165) is 0 Å². The number of rotatable bonds is 4. The molecule has 7 heteroatoms. The van der Waals surface area contributed by atoms with Gasteiger partial charge in [-0.1, -0.05) is 23.4 Å². The van der Waals surface area contributed by atoms with E-state index in [1.165, 1.54) is 25.8 Å². The van der Waals surface area contributed by atoms with Crippen LogP contribution in [0.15, 0.2) is 18.2 Å². The summed E-state index contributed by atoms with van der Waals surface area (Å²) in [7, 11) is 1.29. The third-order valence-electron chi connectivity index (χ3n) is 3.38. The van der Waals surface area contributed by atoms with Gasteiger partial charge in [-0.15, -0.1) is 0 Å². The largest absolute Gasteiger partial charge is 0.465 e. The van der Waals surface area contributed by atoms with E-state index in [1.54, 1.807) is 23.1 Å². The van der Waals surface area contributed by atoms with Gasteiger partial charge in [-0.25, -0.2) is 4.79 Å². The molecule has 0 bridgehead atoms. The highest BCUT2D eigenvalue weighted by Gasteiger charge is 2.33. The number of hydrogen-bond acceptors (Lipinski definition) is 5. The van der Waals surface area contributed by atoms with Crippen molar-refractivity contribution in [2.24, 2.45) is 5.92 Å². The van der Waals surface area contributed by atoms with Crippen LogP contribution >= 0.6 is 23.4 Å². The molecule has 0 aromatic heterocycles. The molecule has 0 aliphatic carbocycles. The van der Waals surface area contributed by atoms with Gasteiger partial charge in [0.2, 0.25) is 5.91 Å². The molecule has 5 nitrogen and oxygen atoms in total. The van der Waals surface area contributed by atoms with E-state index in [-0.39, 0.29) is 16.9 Å². The first kappa shape index (κ1) is 16.8. The minimum absolute atomic E-state index is 0.0314. The Labute approximate surface area is 137 Å². The molecule has 2 rings (SSSR count). The molecule has 0 radical (unpaired) electrons. The van der Waals surface area contributed by atoms with Crippen LogP contribution in [0.3, 0.4) is 0 Å². The van der Waals surface area contributed by atoms with Crippen molar-refractivity contribution >= 4 is 46.0 Å². The summed E-state index contributed by atoms with van der Waals surface area (Å²) < 4.78 is 4.75. The van der Waals surface area contributed by atoms with Gasteiger partial charge in [0.25, 0.3) is 0 Å². The predicted octanol–water partition coefficient (Wildman–Crippen LogP) is 2.76. The lowest BCUT2D eigenvalue weighted by Gasteiger charge is -2.19. The summed E-state index contributed by atoms with van der Waals surface area (Å²) in [4.78, 5) is 36.7. The number of ether oxygens (including phenoxy) is 1. The van der Waals surface area contributed by atoms with Crippen LogP contribution in [0.1, 0.15) is 23.7 Å². The number of esters is 1. The summed E-state index contributed by atoms with van der Waals surface area (Å²) in [6, 6.07) is 4.72. The second kappa shape index (κ2) is 7.15. The third-order valence-corrected chi connectivity index (χ3v) is 4.66. The van der Waals surface area contributed by atoms with E-state index in [2.05, 4.69) is 0 Å².